The van der Waals surface area contributed by atoms with Crippen molar-refractivity contribution in [2.75, 3.05) is 26.2 Å². The summed E-state index contributed by atoms with van der Waals surface area (Å²) >= 11 is 1.84. The first-order valence-corrected chi connectivity index (χ1v) is 8.51. The van der Waals surface area contributed by atoms with Gasteiger partial charge in [0.15, 0.2) is 0 Å². The van der Waals surface area contributed by atoms with E-state index in [2.05, 4.69) is 52.4 Å². The molecule has 0 radical (unpaired) electrons. The van der Waals surface area contributed by atoms with Crippen molar-refractivity contribution in [3.8, 4) is 6.07 Å². The summed E-state index contributed by atoms with van der Waals surface area (Å²) in [5.41, 5.74) is 1.44. The Hall–Kier alpha value is -1.41. The summed E-state index contributed by atoms with van der Waals surface area (Å²) in [5.74, 6) is 0. The van der Waals surface area contributed by atoms with Crippen molar-refractivity contribution >= 4 is 21.4 Å². The smallest absolute Gasteiger partial charge is 0.0976 e. The Morgan fingerprint density at radius 2 is 2.00 bits per heavy atom. The van der Waals surface area contributed by atoms with Gasteiger partial charge in [-0.2, -0.15) is 5.26 Å². The zero-order valence-electron chi connectivity index (χ0n) is 12.5. The summed E-state index contributed by atoms with van der Waals surface area (Å²) in [6.45, 7) is 7.26. The zero-order valence-corrected chi connectivity index (χ0v) is 13.3. The van der Waals surface area contributed by atoms with Crippen LogP contribution in [0.15, 0.2) is 29.6 Å². The Labute approximate surface area is 130 Å². The van der Waals surface area contributed by atoms with Gasteiger partial charge in [0.2, 0.25) is 0 Å². The fourth-order valence-electron chi connectivity index (χ4n) is 3.06. The molecular formula is C17H21N3S. The van der Waals surface area contributed by atoms with Gasteiger partial charge in [-0.15, -0.1) is 11.3 Å². The number of thiophene rings is 1. The second-order valence-electron chi connectivity index (χ2n) is 5.62. The number of piperazine rings is 1. The monoisotopic (exact) mass is 299 g/mol. The van der Waals surface area contributed by atoms with E-state index < -0.39 is 0 Å². The van der Waals surface area contributed by atoms with Crippen LogP contribution in [0.5, 0.6) is 0 Å². The van der Waals surface area contributed by atoms with Gasteiger partial charge in [0, 0.05) is 37.4 Å². The molecule has 1 aliphatic heterocycles. The van der Waals surface area contributed by atoms with Gasteiger partial charge in [-0.3, -0.25) is 9.80 Å². The van der Waals surface area contributed by atoms with Crippen molar-refractivity contribution in [1.82, 2.24) is 9.80 Å². The number of nitrogens with zero attached hydrogens (tertiary/aromatic N) is 3. The molecule has 110 valence electrons. The fraction of sp³-hybridized carbons (Fsp3) is 0.471. The van der Waals surface area contributed by atoms with Gasteiger partial charge in [-0.1, -0.05) is 25.1 Å². The lowest BCUT2D eigenvalue weighted by molar-refractivity contribution is 0.108. The molecule has 2 heterocycles. The lowest BCUT2D eigenvalue weighted by Gasteiger charge is -2.36. The average molecular weight is 299 g/mol. The molecule has 21 heavy (non-hydrogen) atoms. The maximum Gasteiger partial charge on any atom is 0.0976 e. The third kappa shape index (κ3) is 3.11. The van der Waals surface area contributed by atoms with Gasteiger partial charge in [-0.25, -0.2) is 0 Å². The molecule has 1 atom stereocenters. The van der Waals surface area contributed by atoms with Crippen molar-refractivity contribution in [2.45, 2.75) is 25.9 Å². The molecule has 2 aromatic rings. The normalized spacial score (nSPS) is 18.7. The molecular weight excluding hydrogens is 278 g/mol. The van der Waals surface area contributed by atoms with Crippen molar-refractivity contribution in [3.05, 3.63) is 35.2 Å². The van der Waals surface area contributed by atoms with E-state index in [0.717, 1.165) is 39.1 Å². The van der Waals surface area contributed by atoms with E-state index in [1.807, 2.05) is 11.3 Å². The summed E-state index contributed by atoms with van der Waals surface area (Å²) in [6, 6.07) is 11.1. The Kier molecular flexibility index (Phi) is 4.54. The van der Waals surface area contributed by atoms with Gasteiger partial charge in [0.25, 0.3) is 0 Å². The Morgan fingerprint density at radius 1 is 1.24 bits per heavy atom. The molecule has 0 saturated carbocycles. The Balaban J connectivity index is 1.62. The molecule has 4 heteroatoms. The van der Waals surface area contributed by atoms with Gasteiger partial charge < -0.3 is 0 Å². The number of rotatable bonds is 4. The van der Waals surface area contributed by atoms with Gasteiger partial charge in [-0.05, 0) is 28.8 Å². The number of benzene rings is 1. The number of hydrogen-bond donors (Lipinski definition) is 0. The molecule has 0 aliphatic carbocycles. The molecule has 1 unspecified atom stereocenters. The minimum Gasteiger partial charge on any atom is -0.296 e. The van der Waals surface area contributed by atoms with Crippen molar-refractivity contribution in [2.24, 2.45) is 0 Å². The van der Waals surface area contributed by atoms with Gasteiger partial charge >= 0.3 is 0 Å². The van der Waals surface area contributed by atoms with E-state index in [1.54, 1.807) is 0 Å². The largest absolute Gasteiger partial charge is 0.296 e. The van der Waals surface area contributed by atoms with Gasteiger partial charge in [0.1, 0.15) is 0 Å². The van der Waals surface area contributed by atoms with Crippen LogP contribution >= 0.6 is 11.3 Å². The Morgan fingerprint density at radius 3 is 2.71 bits per heavy atom. The van der Waals surface area contributed by atoms with E-state index in [1.165, 1.54) is 15.6 Å². The van der Waals surface area contributed by atoms with Crippen molar-refractivity contribution in [3.63, 3.8) is 0 Å². The highest BCUT2D eigenvalue weighted by Crippen LogP contribution is 2.27. The predicted molar refractivity (Wildman–Crippen MR) is 88.4 cm³/mol. The first-order chi connectivity index (χ1) is 10.3. The van der Waals surface area contributed by atoms with Crippen molar-refractivity contribution < 1.29 is 0 Å². The molecule has 3 rings (SSSR count). The summed E-state index contributed by atoms with van der Waals surface area (Å²) in [5, 5.41) is 12.9. The van der Waals surface area contributed by atoms with Crippen LogP contribution in [-0.4, -0.2) is 42.0 Å². The molecule has 0 spiro atoms. The van der Waals surface area contributed by atoms with Crippen LogP contribution in [0.3, 0.4) is 0 Å². The highest BCUT2D eigenvalue weighted by atomic mass is 32.1. The lowest BCUT2D eigenvalue weighted by Crippen LogP contribution is -2.49. The van der Waals surface area contributed by atoms with Crippen LogP contribution < -0.4 is 0 Å². The van der Waals surface area contributed by atoms with Crippen LogP contribution in [0.1, 0.15) is 18.9 Å². The SMILES string of the molecule is CCC(C#N)N1CCN(Cc2csc3ccccc23)CC1. The molecule has 1 aromatic heterocycles. The quantitative estimate of drug-likeness (QED) is 0.867. The van der Waals surface area contributed by atoms with Crippen LogP contribution in [0, 0.1) is 11.3 Å². The van der Waals surface area contributed by atoms with E-state index >= 15 is 0 Å². The minimum atomic E-state index is 0.0918. The maximum absolute atomic E-state index is 9.17. The summed E-state index contributed by atoms with van der Waals surface area (Å²) in [7, 11) is 0. The first kappa shape index (κ1) is 14.5. The second kappa shape index (κ2) is 6.57. The van der Waals surface area contributed by atoms with Crippen LogP contribution in [0.4, 0.5) is 0 Å². The number of hydrogen-bond acceptors (Lipinski definition) is 4. The number of fused-ring (bicyclic) bond motifs is 1. The van der Waals surface area contributed by atoms with Crippen LogP contribution in [0.25, 0.3) is 10.1 Å². The maximum atomic E-state index is 9.17. The van der Waals surface area contributed by atoms with E-state index in [4.69, 9.17) is 5.26 Å². The van der Waals surface area contributed by atoms with Crippen molar-refractivity contribution in [1.29, 1.82) is 5.26 Å². The van der Waals surface area contributed by atoms with E-state index in [9.17, 15) is 0 Å². The molecule has 0 N–H and O–H groups in total. The first-order valence-electron chi connectivity index (χ1n) is 7.63. The molecule has 1 aromatic carbocycles. The third-order valence-electron chi connectivity index (χ3n) is 4.34. The summed E-state index contributed by atoms with van der Waals surface area (Å²) < 4.78 is 1.38. The topological polar surface area (TPSA) is 30.3 Å². The zero-order chi connectivity index (χ0) is 14.7. The third-order valence-corrected chi connectivity index (χ3v) is 5.35. The summed E-state index contributed by atoms with van der Waals surface area (Å²) in [4.78, 5) is 4.83. The van der Waals surface area contributed by atoms with E-state index in [-0.39, 0.29) is 6.04 Å². The van der Waals surface area contributed by atoms with Crippen LogP contribution in [-0.2, 0) is 6.54 Å². The lowest BCUT2D eigenvalue weighted by atomic mass is 10.1. The number of nitriles is 1. The molecule has 1 aliphatic rings. The predicted octanol–water partition coefficient (Wildman–Crippen LogP) is 3.32. The highest BCUT2D eigenvalue weighted by Gasteiger charge is 2.22. The minimum absolute atomic E-state index is 0.0918. The van der Waals surface area contributed by atoms with E-state index in [0.29, 0.717) is 0 Å². The summed E-state index contributed by atoms with van der Waals surface area (Å²) in [6.07, 6.45) is 0.922. The van der Waals surface area contributed by atoms with Crippen LogP contribution in [0.2, 0.25) is 0 Å². The average Bonchev–Trinajstić information content (AvgIpc) is 2.93. The Bertz CT molecular complexity index is 635. The van der Waals surface area contributed by atoms with Gasteiger partial charge in [0.05, 0.1) is 12.1 Å². The fourth-order valence-corrected chi connectivity index (χ4v) is 4.01. The molecule has 1 fully saturated rings. The highest BCUT2D eigenvalue weighted by molar-refractivity contribution is 7.17. The molecule has 0 bridgehead atoms. The second-order valence-corrected chi connectivity index (χ2v) is 6.53. The molecule has 1 saturated heterocycles. The standard InChI is InChI=1S/C17H21N3S/c1-2-15(11-18)20-9-7-19(8-10-20)12-14-13-21-17-6-4-3-5-16(14)17/h3-6,13,15H,2,7-10,12H2,1H3. The molecule has 0 amide bonds. The molecule has 3 nitrogen and oxygen atoms in total.